The first kappa shape index (κ1) is 18.4. The predicted molar refractivity (Wildman–Crippen MR) is 107 cm³/mol. The van der Waals surface area contributed by atoms with Gasteiger partial charge in [0.2, 0.25) is 11.8 Å². The number of hydrogen-bond acceptors (Lipinski definition) is 3. The number of hydrogen-bond donors (Lipinski definition) is 2. The number of fused-ring (bicyclic) bond motifs is 1. The fourth-order valence-corrected chi connectivity index (χ4v) is 2.76. The number of imidazole rings is 1. The Morgan fingerprint density at radius 3 is 2.67 bits per heavy atom. The van der Waals surface area contributed by atoms with E-state index in [1.165, 1.54) is 13.0 Å². The minimum atomic E-state index is -0.128. The van der Waals surface area contributed by atoms with Gasteiger partial charge in [-0.1, -0.05) is 24.3 Å². The van der Waals surface area contributed by atoms with Crippen LogP contribution < -0.4 is 10.6 Å². The first-order valence-corrected chi connectivity index (χ1v) is 8.85. The molecule has 0 aliphatic carbocycles. The molecule has 6 nitrogen and oxygen atoms in total. The maximum atomic E-state index is 11.9. The Hall–Kier alpha value is -3.41. The molecule has 3 rings (SSSR count). The molecule has 2 amide bonds. The van der Waals surface area contributed by atoms with Gasteiger partial charge in [0.15, 0.2) is 0 Å². The van der Waals surface area contributed by atoms with E-state index in [0.29, 0.717) is 6.54 Å². The molecule has 3 aromatic rings. The molecule has 0 atom stereocenters. The van der Waals surface area contributed by atoms with Crippen LogP contribution in [0.5, 0.6) is 0 Å². The highest BCUT2D eigenvalue weighted by Crippen LogP contribution is 2.12. The first-order valence-electron chi connectivity index (χ1n) is 8.85. The number of amides is 2. The lowest BCUT2D eigenvalue weighted by molar-refractivity contribution is -0.116. The summed E-state index contributed by atoms with van der Waals surface area (Å²) >= 11 is 0. The number of carbonyl (C=O) groups is 2. The third-order valence-electron chi connectivity index (χ3n) is 4.06. The van der Waals surface area contributed by atoms with Crippen LogP contribution in [0.15, 0.2) is 60.9 Å². The summed E-state index contributed by atoms with van der Waals surface area (Å²) < 4.78 is 2.09. The molecule has 2 N–H and O–H groups in total. The predicted octanol–water partition coefficient (Wildman–Crippen LogP) is 3.21. The second kappa shape index (κ2) is 8.80. The Balaban J connectivity index is 1.43. The van der Waals surface area contributed by atoms with E-state index in [-0.39, 0.29) is 11.8 Å². The molecule has 0 saturated heterocycles. The normalized spacial score (nSPS) is 11.0. The van der Waals surface area contributed by atoms with Crippen molar-refractivity contribution >= 4 is 34.6 Å². The maximum absolute atomic E-state index is 11.9. The van der Waals surface area contributed by atoms with Gasteiger partial charge in [0.25, 0.3) is 0 Å². The van der Waals surface area contributed by atoms with Gasteiger partial charge in [-0.2, -0.15) is 0 Å². The average molecular weight is 362 g/mol. The number of aryl methyl sites for hydroxylation is 1. The largest absolute Gasteiger partial charge is 0.352 e. The van der Waals surface area contributed by atoms with Crippen LogP contribution in [0.2, 0.25) is 0 Å². The number of benzene rings is 2. The minimum absolute atomic E-state index is 0.110. The lowest BCUT2D eigenvalue weighted by Gasteiger charge is -2.05. The molecule has 138 valence electrons. The van der Waals surface area contributed by atoms with Crippen LogP contribution in [-0.4, -0.2) is 27.9 Å². The third kappa shape index (κ3) is 5.28. The van der Waals surface area contributed by atoms with Gasteiger partial charge in [0.1, 0.15) is 0 Å². The lowest BCUT2D eigenvalue weighted by Crippen LogP contribution is -2.23. The SMILES string of the molecule is CC(=O)Nc1ccc(/C=C/C(=O)NCCCn2cnc3ccccc32)cc1. The second-order valence-corrected chi connectivity index (χ2v) is 6.21. The fraction of sp³-hybridized carbons (Fsp3) is 0.190. The first-order chi connectivity index (χ1) is 13.1. The number of anilines is 1. The Kier molecular flexibility index (Phi) is 5.99. The molecule has 0 radical (unpaired) electrons. The van der Waals surface area contributed by atoms with Crippen LogP contribution in [0, 0.1) is 0 Å². The summed E-state index contributed by atoms with van der Waals surface area (Å²) in [5, 5.41) is 5.59. The third-order valence-corrected chi connectivity index (χ3v) is 4.06. The summed E-state index contributed by atoms with van der Waals surface area (Å²) in [6.07, 6.45) is 5.92. The van der Waals surface area contributed by atoms with Crippen molar-refractivity contribution in [2.75, 3.05) is 11.9 Å². The molecule has 27 heavy (non-hydrogen) atoms. The van der Waals surface area contributed by atoms with Crippen LogP contribution in [0.4, 0.5) is 5.69 Å². The van der Waals surface area contributed by atoms with Gasteiger partial charge in [-0.15, -0.1) is 0 Å². The molecular formula is C21H22N4O2. The van der Waals surface area contributed by atoms with Crippen molar-refractivity contribution < 1.29 is 9.59 Å². The maximum Gasteiger partial charge on any atom is 0.244 e. The van der Waals surface area contributed by atoms with Crippen LogP contribution in [0.25, 0.3) is 17.1 Å². The zero-order valence-electron chi connectivity index (χ0n) is 15.2. The monoisotopic (exact) mass is 362 g/mol. The van der Waals surface area contributed by atoms with Crippen LogP contribution in [0.1, 0.15) is 18.9 Å². The Labute approximate surface area is 157 Å². The standard InChI is InChI=1S/C21H22N4O2/c1-16(26)24-18-10-7-17(8-11-18)9-12-21(27)22-13-4-14-25-15-23-19-5-2-3-6-20(19)25/h2-3,5-12,15H,4,13-14H2,1H3,(H,22,27)(H,24,26)/b12-9+. The van der Waals surface area contributed by atoms with Crippen molar-refractivity contribution in [3.05, 3.63) is 66.5 Å². The van der Waals surface area contributed by atoms with E-state index in [0.717, 1.165) is 35.2 Å². The molecule has 1 aromatic heterocycles. The summed E-state index contributed by atoms with van der Waals surface area (Å²) in [5.41, 5.74) is 3.71. The van der Waals surface area contributed by atoms with Gasteiger partial charge in [-0.05, 0) is 42.3 Å². The van der Waals surface area contributed by atoms with Gasteiger partial charge in [0, 0.05) is 31.8 Å². The zero-order valence-corrected chi connectivity index (χ0v) is 15.2. The highest BCUT2D eigenvalue weighted by atomic mass is 16.2. The molecule has 0 aliphatic heterocycles. The molecule has 0 saturated carbocycles. The quantitative estimate of drug-likeness (QED) is 0.500. The van der Waals surface area contributed by atoms with E-state index in [2.05, 4.69) is 20.2 Å². The fourth-order valence-electron chi connectivity index (χ4n) is 2.76. The summed E-state index contributed by atoms with van der Waals surface area (Å²) in [5.74, 6) is -0.238. The molecular weight excluding hydrogens is 340 g/mol. The Morgan fingerprint density at radius 2 is 1.89 bits per heavy atom. The van der Waals surface area contributed by atoms with Crippen molar-refractivity contribution in [2.24, 2.45) is 0 Å². The van der Waals surface area contributed by atoms with E-state index in [1.807, 2.05) is 42.7 Å². The summed E-state index contributed by atoms with van der Waals surface area (Å²) in [7, 11) is 0. The smallest absolute Gasteiger partial charge is 0.244 e. The molecule has 0 bridgehead atoms. The minimum Gasteiger partial charge on any atom is -0.352 e. The molecule has 0 unspecified atom stereocenters. The number of para-hydroxylation sites is 2. The van der Waals surface area contributed by atoms with E-state index < -0.39 is 0 Å². The molecule has 6 heteroatoms. The van der Waals surface area contributed by atoms with Crippen molar-refractivity contribution in [3.8, 4) is 0 Å². The Morgan fingerprint density at radius 1 is 1.11 bits per heavy atom. The zero-order chi connectivity index (χ0) is 19.1. The van der Waals surface area contributed by atoms with E-state index in [9.17, 15) is 9.59 Å². The molecule has 1 heterocycles. The van der Waals surface area contributed by atoms with Crippen LogP contribution >= 0.6 is 0 Å². The molecule has 2 aromatic carbocycles. The van der Waals surface area contributed by atoms with E-state index in [4.69, 9.17) is 0 Å². The van der Waals surface area contributed by atoms with E-state index in [1.54, 1.807) is 18.2 Å². The summed E-state index contributed by atoms with van der Waals surface area (Å²) in [6, 6.07) is 15.3. The van der Waals surface area contributed by atoms with Crippen LogP contribution in [0.3, 0.4) is 0 Å². The number of nitrogens with one attached hydrogen (secondary N) is 2. The van der Waals surface area contributed by atoms with E-state index >= 15 is 0 Å². The molecule has 0 spiro atoms. The molecule has 0 fully saturated rings. The van der Waals surface area contributed by atoms with Crippen LogP contribution in [-0.2, 0) is 16.1 Å². The number of nitrogens with zero attached hydrogens (tertiary/aromatic N) is 2. The van der Waals surface area contributed by atoms with Crippen molar-refractivity contribution in [2.45, 2.75) is 19.9 Å². The van der Waals surface area contributed by atoms with Gasteiger partial charge in [0.05, 0.1) is 17.4 Å². The second-order valence-electron chi connectivity index (χ2n) is 6.21. The number of carbonyl (C=O) groups excluding carboxylic acids is 2. The van der Waals surface area contributed by atoms with Crippen molar-refractivity contribution in [1.29, 1.82) is 0 Å². The van der Waals surface area contributed by atoms with Crippen molar-refractivity contribution in [1.82, 2.24) is 14.9 Å². The highest BCUT2D eigenvalue weighted by molar-refractivity contribution is 5.92. The Bertz CT molecular complexity index is 958. The van der Waals surface area contributed by atoms with Gasteiger partial charge in [-0.25, -0.2) is 4.98 Å². The average Bonchev–Trinajstić information content (AvgIpc) is 3.07. The number of aromatic nitrogens is 2. The van der Waals surface area contributed by atoms with Crippen molar-refractivity contribution in [3.63, 3.8) is 0 Å². The van der Waals surface area contributed by atoms with Gasteiger partial charge in [-0.3, -0.25) is 9.59 Å². The molecule has 0 aliphatic rings. The van der Waals surface area contributed by atoms with Gasteiger partial charge < -0.3 is 15.2 Å². The lowest BCUT2D eigenvalue weighted by atomic mass is 10.2. The highest BCUT2D eigenvalue weighted by Gasteiger charge is 2.01. The summed E-state index contributed by atoms with van der Waals surface area (Å²) in [6.45, 7) is 2.86. The topological polar surface area (TPSA) is 76.0 Å². The van der Waals surface area contributed by atoms with Gasteiger partial charge >= 0.3 is 0 Å². The summed E-state index contributed by atoms with van der Waals surface area (Å²) in [4.78, 5) is 27.3. The number of rotatable bonds is 7.